The summed E-state index contributed by atoms with van der Waals surface area (Å²) in [6.07, 6.45) is 2.11. The molecular weight excluding hydrogens is 382 g/mol. The Morgan fingerprint density at radius 1 is 1.27 bits per heavy atom. The van der Waals surface area contributed by atoms with E-state index in [4.69, 9.17) is 23.2 Å². The molecule has 1 aromatic carbocycles. The quantitative estimate of drug-likeness (QED) is 0.749. The van der Waals surface area contributed by atoms with Crippen molar-refractivity contribution in [2.24, 2.45) is 7.05 Å². The van der Waals surface area contributed by atoms with Crippen molar-refractivity contribution in [2.45, 2.75) is 31.3 Å². The lowest BCUT2D eigenvalue weighted by atomic mass is 9.99. The van der Waals surface area contributed by atoms with Gasteiger partial charge in [0.25, 0.3) is 5.56 Å². The second kappa shape index (κ2) is 6.25. The minimum atomic E-state index is -0.655. The van der Waals surface area contributed by atoms with Gasteiger partial charge < -0.3 is 10.2 Å². The zero-order valence-corrected chi connectivity index (χ0v) is 15.3. The molecule has 2 aromatic rings. The Labute approximate surface area is 158 Å². The maximum atomic E-state index is 14.1. The molecule has 2 bridgehead atoms. The number of urea groups is 1. The number of hydrogen-bond acceptors (Lipinski definition) is 3. The number of benzene rings is 1. The van der Waals surface area contributed by atoms with Crippen molar-refractivity contribution in [3.05, 3.63) is 55.7 Å². The fraction of sp³-hybridized carbons (Fsp3) is 0.353. The summed E-state index contributed by atoms with van der Waals surface area (Å²) in [7, 11) is 1.58. The Bertz CT molecular complexity index is 978. The third-order valence-corrected chi connectivity index (χ3v) is 5.69. The van der Waals surface area contributed by atoms with Gasteiger partial charge in [-0.15, -0.1) is 0 Å². The summed E-state index contributed by atoms with van der Waals surface area (Å²) in [5.41, 5.74) is 1.41. The summed E-state index contributed by atoms with van der Waals surface area (Å²) in [6.45, 7) is 0. The van der Waals surface area contributed by atoms with Gasteiger partial charge in [0, 0.05) is 19.2 Å². The van der Waals surface area contributed by atoms with Crippen molar-refractivity contribution >= 4 is 34.9 Å². The molecule has 0 aliphatic carbocycles. The number of halogens is 3. The first-order valence-electron chi connectivity index (χ1n) is 8.16. The monoisotopic (exact) mass is 396 g/mol. The van der Waals surface area contributed by atoms with E-state index in [1.807, 2.05) is 0 Å². The molecule has 1 saturated heterocycles. The Morgan fingerprint density at radius 2 is 2.00 bits per heavy atom. The van der Waals surface area contributed by atoms with Crippen LogP contribution in [0.3, 0.4) is 0 Å². The largest absolute Gasteiger partial charge is 0.322 e. The first-order valence-corrected chi connectivity index (χ1v) is 8.91. The van der Waals surface area contributed by atoms with Gasteiger partial charge in [0.05, 0.1) is 27.5 Å². The second-order valence-electron chi connectivity index (χ2n) is 6.55. The third kappa shape index (κ3) is 2.75. The van der Waals surface area contributed by atoms with E-state index in [2.05, 4.69) is 10.4 Å². The van der Waals surface area contributed by atoms with Crippen LogP contribution in [0.4, 0.5) is 14.9 Å². The fourth-order valence-electron chi connectivity index (χ4n) is 3.75. The zero-order chi connectivity index (χ0) is 18.6. The highest BCUT2D eigenvalue weighted by molar-refractivity contribution is 6.42. The number of aromatic nitrogens is 2. The molecule has 136 valence electrons. The van der Waals surface area contributed by atoms with Crippen LogP contribution in [0, 0.1) is 5.82 Å². The van der Waals surface area contributed by atoms with E-state index in [-0.39, 0.29) is 33.4 Å². The molecule has 2 atom stereocenters. The molecular formula is C17H15Cl2FN4O2. The molecule has 0 radical (unpaired) electrons. The van der Waals surface area contributed by atoms with Crippen LogP contribution in [0.1, 0.15) is 30.1 Å². The Balaban J connectivity index is 1.64. The summed E-state index contributed by atoms with van der Waals surface area (Å²) in [5, 5.41) is 7.17. The van der Waals surface area contributed by atoms with Crippen LogP contribution in [0.25, 0.3) is 0 Å². The molecule has 0 spiro atoms. The molecule has 1 fully saturated rings. The van der Waals surface area contributed by atoms with Crippen molar-refractivity contribution in [3.8, 4) is 0 Å². The fourth-order valence-corrected chi connectivity index (χ4v) is 4.06. The van der Waals surface area contributed by atoms with Crippen LogP contribution in [0.5, 0.6) is 0 Å². The van der Waals surface area contributed by atoms with E-state index in [9.17, 15) is 14.0 Å². The Kier molecular flexibility index (Phi) is 4.16. The molecule has 0 saturated carbocycles. The van der Waals surface area contributed by atoms with E-state index in [1.54, 1.807) is 18.0 Å². The minimum absolute atomic E-state index is 0.0250. The van der Waals surface area contributed by atoms with Gasteiger partial charge >= 0.3 is 6.03 Å². The number of amides is 2. The van der Waals surface area contributed by atoms with Crippen LogP contribution in [0.2, 0.25) is 10.0 Å². The van der Waals surface area contributed by atoms with Crippen LogP contribution in [0.15, 0.2) is 23.0 Å². The topological polar surface area (TPSA) is 67.2 Å². The number of carbonyl (C=O) groups is 1. The molecule has 2 amide bonds. The summed E-state index contributed by atoms with van der Waals surface area (Å²) >= 11 is 11.7. The average molecular weight is 397 g/mol. The molecule has 4 rings (SSSR count). The van der Waals surface area contributed by atoms with Crippen molar-refractivity contribution < 1.29 is 9.18 Å². The Morgan fingerprint density at radius 3 is 2.77 bits per heavy atom. The highest BCUT2D eigenvalue weighted by Crippen LogP contribution is 2.42. The van der Waals surface area contributed by atoms with Crippen LogP contribution < -0.4 is 10.9 Å². The van der Waals surface area contributed by atoms with Gasteiger partial charge in [-0.25, -0.2) is 13.9 Å². The van der Waals surface area contributed by atoms with Crippen LogP contribution in [-0.2, 0) is 13.5 Å². The van der Waals surface area contributed by atoms with Crippen molar-refractivity contribution in [3.63, 3.8) is 0 Å². The van der Waals surface area contributed by atoms with Crippen LogP contribution in [-0.4, -0.2) is 26.8 Å². The maximum Gasteiger partial charge on any atom is 0.322 e. The predicted octanol–water partition coefficient (Wildman–Crippen LogP) is 3.52. The predicted molar refractivity (Wildman–Crippen MR) is 96.2 cm³/mol. The van der Waals surface area contributed by atoms with Gasteiger partial charge in [-0.3, -0.25) is 4.79 Å². The molecule has 1 N–H and O–H groups in total. The highest BCUT2D eigenvalue weighted by Gasteiger charge is 2.44. The zero-order valence-electron chi connectivity index (χ0n) is 13.8. The van der Waals surface area contributed by atoms with Crippen LogP contribution >= 0.6 is 23.2 Å². The number of rotatable bonds is 1. The van der Waals surface area contributed by atoms with Crippen molar-refractivity contribution in [2.75, 3.05) is 5.32 Å². The summed E-state index contributed by atoms with van der Waals surface area (Å²) in [6, 6.07) is 3.24. The molecule has 9 heteroatoms. The summed E-state index contributed by atoms with van der Waals surface area (Å²) in [4.78, 5) is 26.3. The van der Waals surface area contributed by atoms with Gasteiger partial charge in [-0.2, -0.15) is 5.10 Å². The molecule has 2 unspecified atom stereocenters. The van der Waals surface area contributed by atoms with E-state index < -0.39 is 11.8 Å². The van der Waals surface area contributed by atoms with Gasteiger partial charge in [-0.05, 0) is 37.0 Å². The number of nitrogens with zero attached hydrogens (tertiary/aromatic N) is 3. The van der Waals surface area contributed by atoms with Crippen molar-refractivity contribution in [1.82, 2.24) is 14.7 Å². The smallest absolute Gasteiger partial charge is 0.313 e. The second-order valence-corrected chi connectivity index (χ2v) is 7.37. The molecule has 3 heterocycles. The van der Waals surface area contributed by atoms with Crippen molar-refractivity contribution in [1.29, 1.82) is 0 Å². The maximum absolute atomic E-state index is 14.1. The lowest BCUT2D eigenvalue weighted by Gasteiger charge is -2.35. The first kappa shape index (κ1) is 17.3. The normalized spacial score (nSPS) is 20.8. The van der Waals surface area contributed by atoms with Gasteiger partial charge in [0.15, 0.2) is 0 Å². The SMILES string of the molecule is Cn1nc2c(cc1=O)CC1CCC2N1C(=O)Nc1cc(Cl)c(Cl)cc1F. The highest BCUT2D eigenvalue weighted by atomic mass is 35.5. The Hall–Kier alpha value is -2.12. The van der Waals surface area contributed by atoms with Gasteiger partial charge in [-0.1, -0.05) is 23.2 Å². The lowest BCUT2D eigenvalue weighted by Crippen LogP contribution is -2.45. The van der Waals surface area contributed by atoms with Gasteiger partial charge in [0.2, 0.25) is 0 Å². The molecule has 2 aliphatic rings. The number of fused-ring (bicyclic) bond motifs is 4. The average Bonchev–Trinajstić information content (AvgIpc) is 2.91. The number of aryl methyl sites for hydroxylation is 1. The van der Waals surface area contributed by atoms with E-state index in [0.717, 1.165) is 30.2 Å². The molecule has 26 heavy (non-hydrogen) atoms. The van der Waals surface area contributed by atoms with E-state index in [0.29, 0.717) is 6.42 Å². The lowest BCUT2D eigenvalue weighted by molar-refractivity contribution is 0.176. The summed E-state index contributed by atoms with van der Waals surface area (Å²) < 4.78 is 15.3. The van der Waals surface area contributed by atoms with E-state index >= 15 is 0 Å². The van der Waals surface area contributed by atoms with Gasteiger partial charge in [0.1, 0.15) is 5.82 Å². The summed E-state index contributed by atoms with van der Waals surface area (Å²) in [5.74, 6) is -0.655. The molecule has 1 aromatic heterocycles. The standard InChI is InChI=1S/C17H15Cl2FN4O2/c1-23-15(25)5-8-4-9-2-3-14(16(8)22-23)24(9)17(26)21-13-7-11(19)10(18)6-12(13)20/h5-7,9,14H,2-4H2,1H3,(H,21,26). The number of carbonyl (C=O) groups excluding carboxylic acids is 1. The third-order valence-electron chi connectivity index (χ3n) is 4.96. The number of anilines is 1. The molecule has 2 aliphatic heterocycles. The first-order chi connectivity index (χ1) is 12.3. The minimum Gasteiger partial charge on any atom is -0.313 e. The van der Waals surface area contributed by atoms with E-state index in [1.165, 1.54) is 10.7 Å². The molecule has 6 nitrogen and oxygen atoms in total. The number of nitrogens with one attached hydrogen (secondary N) is 1. The number of hydrogen-bond donors (Lipinski definition) is 1.